The van der Waals surface area contributed by atoms with Crippen LogP contribution in [-0.2, 0) is 19.4 Å². The minimum Gasteiger partial charge on any atom is -0.335 e. The van der Waals surface area contributed by atoms with Crippen molar-refractivity contribution in [2.24, 2.45) is 0 Å². The fourth-order valence-electron chi connectivity index (χ4n) is 3.96. The van der Waals surface area contributed by atoms with Crippen molar-refractivity contribution < 1.29 is 4.79 Å². The van der Waals surface area contributed by atoms with E-state index in [4.69, 9.17) is 0 Å². The molecule has 5 heteroatoms. The third-order valence-corrected chi connectivity index (χ3v) is 6.72. The highest BCUT2D eigenvalue weighted by Crippen LogP contribution is 2.29. The van der Waals surface area contributed by atoms with Crippen LogP contribution in [0.2, 0.25) is 0 Å². The molecule has 1 aliphatic heterocycles. The monoisotopic (exact) mass is 369 g/mol. The second-order valence-electron chi connectivity index (χ2n) is 7.40. The van der Waals surface area contributed by atoms with Crippen LogP contribution in [0.25, 0.3) is 0 Å². The van der Waals surface area contributed by atoms with E-state index < -0.39 is 0 Å². The summed E-state index contributed by atoms with van der Waals surface area (Å²) in [5, 5.41) is 0. The summed E-state index contributed by atoms with van der Waals surface area (Å²) in [4.78, 5) is 24.0. The zero-order chi connectivity index (χ0) is 17.8. The molecule has 4 nitrogen and oxygen atoms in total. The number of nitrogens with zero attached hydrogens (tertiary/aromatic N) is 3. The van der Waals surface area contributed by atoms with Crippen LogP contribution in [0.1, 0.15) is 51.4 Å². The van der Waals surface area contributed by atoms with Crippen molar-refractivity contribution in [1.29, 1.82) is 0 Å². The fraction of sp³-hybridized carbons (Fsp3) is 0.524. The molecule has 2 aromatic heterocycles. The molecule has 0 unspecified atom stereocenters. The summed E-state index contributed by atoms with van der Waals surface area (Å²) >= 11 is 1.75. The number of carbonyl (C=O) groups excluding carboxylic acids is 1. The molecule has 0 atom stereocenters. The van der Waals surface area contributed by atoms with E-state index in [0.29, 0.717) is 0 Å². The first-order chi connectivity index (χ1) is 12.8. The summed E-state index contributed by atoms with van der Waals surface area (Å²) in [5.41, 5.74) is 2.68. The van der Waals surface area contributed by atoms with Crippen LogP contribution in [0, 0.1) is 0 Å². The van der Waals surface area contributed by atoms with E-state index in [0.717, 1.165) is 50.4 Å². The summed E-state index contributed by atoms with van der Waals surface area (Å²) in [7, 11) is 0. The first-order valence-corrected chi connectivity index (χ1v) is 10.6. The predicted octanol–water partition coefficient (Wildman–Crippen LogP) is 3.76. The average Bonchev–Trinajstić information content (AvgIpc) is 3.05. The first kappa shape index (κ1) is 17.7. The topological polar surface area (TPSA) is 36.4 Å². The van der Waals surface area contributed by atoms with Gasteiger partial charge < -0.3 is 4.90 Å². The molecule has 1 amide bonds. The van der Waals surface area contributed by atoms with Crippen molar-refractivity contribution in [3.8, 4) is 0 Å². The highest BCUT2D eigenvalue weighted by Gasteiger charge is 2.24. The van der Waals surface area contributed by atoms with Crippen LogP contribution in [0.3, 0.4) is 0 Å². The minimum absolute atomic E-state index is 0.239. The third-order valence-electron chi connectivity index (χ3n) is 5.50. The molecule has 1 saturated heterocycles. The van der Waals surface area contributed by atoms with Gasteiger partial charge in [0.05, 0.1) is 4.88 Å². The summed E-state index contributed by atoms with van der Waals surface area (Å²) in [5.74, 6) is 0.239. The molecule has 0 spiro atoms. The van der Waals surface area contributed by atoms with Crippen molar-refractivity contribution in [3.63, 3.8) is 0 Å². The van der Waals surface area contributed by atoms with E-state index in [9.17, 15) is 4.79 Å². The predicted molar refractivity (Wildman–Crippen MR) is 106 cm³/mol. The van der Waals surface area contributed by atoms with Gasteiger partial charge in [0.15, 0.2) is 0 Å². The summed E-state index contributed by atoms with van der Waals surface area (Å²) in [6.07, 6.45) is 11.3. The van der Waals surface area contributed by atoms with E-state index in [2.05, 4.69) is 22.0 Å². The molecule has 26 heavy (non-hydrogen) atoms. The molecule has 0 N–H and O–H groups in total. The fourth-order valence-corrected chi connectivity index (χ4v) is 5.19. The molecule has 138 valence electrons. The first-order valence-electron chi connectivity index (χ1n) is 9.82. The van der Waals surface area contributed by atoms with Gasteiger partial charge in [-0.1, -0.05) is 18.9 Å². The maximum Gasteiger partial charge on any atom is 0.264 e. The number of aryl methyl sites for hydroxylation is 2. The van der Waals surface area contributed by atoms with Crippen LogP contribution < -0.4 is 0 Å². The molecule has 0 bridgehead atoms. The minimum atomic E-state index is 0.239. The SMILES string of the molecule is O=C(c1cc2c(s1)CCCCCC2)N1CCN(Cc2cccnc2)CC1. The Morgan fingerprint density at radius 1 is 1.08 bits per heavy atom. The number of rotatable bonds is 3. The van der Waals surface area contributed by atoms with Crippen LogP contribution in [-0.4, -0.2) is 46.9 Å². The Bertz CT molecular complexity index is 709. The van der Waals surface area contributed by atoms with Gasteiger partial charge in [0.1, 0.15) is 0 Å². The second-order valence-corrected chi connectivity index (χ2v) is 8.54. The van der Waals surface area contributed by atoms with Gasteiger partial charge in [0.25, 0.3) is 5.91 Å². The molecule has 2 aromatic rings. The van der Waals surface area contributed by atoms with Crippen molar-refractivity contribution in [2.75, 3.05) is 26.2 Å². The molecule has 2 aliphatic rings. The third kappa shape index (κ3) is 4.15. The maximum absolute atomic E-state index is 13.0. The van der Waals surface area contributed by atoms with Crippen molar-refractivity contribution in [1.82, 2.24) is 14.8 Å². The number of hydrogen-bond acceptors (Lipinski definition) is 4. The number of amides is 1. The van der Waals surface area contributed by atoms with Crippen LogP contribution in [0.15, 0.2) is 30.6 Å². The molecule has 0 saturated carbocycles. The van der Waals surface area contributed by atoms with Crippen LogP contribution >= 0.6 is 11.3 Å². The molecule has 0 radical (unpaired) electrons. The highest BCUT2D eigenvalue weighted by molar-refractivity contribution is 7.14. The molecule has 1 aliphatic carbocycles. The van der Waals surface area contributed by atoms with Gasteiger partial charge in [-0.2, -0.15) is 0 Å². The van der Waals surface area contributed by atoms with Crippen molar-refractivity contribution in [3.05, 3.63) is 51.5 Å². The lowest BCUT2D eigenvalue weighted by Crippen LogP contribution is -2.48. The Morgan fingerprint density at radius 2 is 1.88 bits per heavy atom. The Kier molecular flexibility index (Phi) is 5.65. The smallest absolute Gasteiger partial charge is 0.264 e. The number of aromatic nitrogens is 1. The number of carbonyl (C=O) groups is 1. The summed E-state index contributed by atoms with van der Waals surface area (Å²) in [6, 6.07) is 6.29. The molecular formula is C21H27N3OS. The lowest BCUT2D eigenvalue weighted by atomic mass is 10.00. The van der Waals surface area contributed by atoms with E-state index in [1.165, 1.54) is 41.7 Å². The lowest BCUT2D eigenvalue weighted by molar-refractivity contribution is 0.0633. The molecule has 3 heterocycles. The molecular weight excluding hydrogens is 342 g/mol. The van der Waals surface area contributed by atoms with Gasteiger partial charge in [-0.3, -0.25) is 14.7 Å². The lowest BCUT2D eigenvalue weighted by Gasteiger charge is -2.34. The Hall–Kier alpha value is -1.72. The number of pyridine rings is 1. The van der Waals surface area contributed by atoms with Crippen LogP contribution in [0.4, 0.5) is 0 Å². The quantitative estimate of drug-likeness (QED) is 0.826. The number of piperazine rings is 1. The van der Waals surface area contributed by atoms with E-state index in [-0.39, 0.29) is 5.91 Å². The average molecular weight is 370 g/mol. The Labute approximate surface area is 159 Å². The molecule has 0 aromatic carbocycles. The van der Waals surface area contributed by atoms with Gasteiger partial charge in [0.2, 0.25) is 0 Å². The zero-order valence-electron chi connectivity index (χ0n) is 15.3. The van der Waals surface area contributed by atoms with Gasteiger partial charge in [-0.15, -0.1) is 11.3 Å². The second kappa shape index (κ2) is 8.31. The van der Waals surface area contributed by atoms with E-state index in [1.807, 2.05) is 23.4 Å². The zero-order valence-corrected chi connectivity index (χ0v) is 16.1. The van der Waals surface area contributed by atoms with Gasteiger partial charge in [0, 0.05) is 50.0 Å². The number of fused-ring (bicyclic) bond motifs is 1. The Morgan fingerprint density at radius 3 is 2.65 bits per heavy atom. The number of hydrogen-bond donors (Lipinski definition) is 0. The normalized spacial score (nSPS) is 18.8. The van der Waals surface area contributed by atoms with E-state index >= 15 is 0 Å². The largest absolute Gasteiger partial charge is 0.335 e. The standard InChI is InChI=1S/C21H27N3OS/c25-21(20-14-18-7-3-1-2-4-8-19(18)26-20)24-12-10-23(11-13-24)16-17-6-5-9-22-15-17/h5-6,9,14-15H,1-4,7-8,10-13,16H2. The van der Waals surface area contributed by atoms with Crippen LogP contribution in [0.5, 0.6) is 0 Å². The highest BCUT2D eigenvalue weighted by atomic mass is 32.1. The summed E-state index contributed by atoms with van der Waals surface area (Å²) < 4.78 is 0. The van der Waals surface area contributed by atoms with Crippen molar-refractivity contribution >= 4 is 17.2 Å². The number of thiophene rings is 1. The summed E-state index contributed by atoms with van der Waals surface area (Å²) in [6.45, 7) is 4.43. The molecule has 4 rings (SSSR count). The van der Waals surface area contributed by atoms with Gasteiger partial charge in [-0.25, -0.2) is 0 Å². The van der Waals surface area contributed by atoms with E-state index in [1.54, 1.807) is 11.3 Å². The Balaban J connectivity index is 1.35. The van der Waals surface area contributed by atoms with Gasteiger partial charge in [-0.05, 0) is 48.9 Å². The van der Waals surface area contributed by atoms with Gasteiger partial charge >= 0.3 is 0 Å². The molecule has 1 fully saturated rings. The van der Waals surface area contributed by atoms with Crippen molar-refractivity contribution in [2.45, 2.75) is 45.1 Å². The maximum atomic E-state index is 13.0.